The van der Waals surface area contributed by atoms with Crippen LogP contribution in [-0.2, 0) is 10.2 Å². The topological polar surface area (TPSA) is 49.7 Å². The Morgan fingerprint density at radius 3 is 2.21 bits per heavy atom. The molecule has 0 aliphatic carbocycles. The average molecular weight is 278 g/mol. The molecule has 0 heterocycles. The molecule has 0 saturated heterocycles. The molecule has 0 spiro atoms. The summed E-state index contributed by atoms with van der Waals surface area (Å²) in [5.74, 6) is 0. The number of rotatable bonds is 6. The van der Waals surface area contributed by atoms with Crippen LogP contribution in [0.25, 0.3) is 0 Å². The highest BCUT2D eigenvalue weighted by Gasteiger charge is 2.34. The second-order valence-electron chi connectivity index (χ2n) is 4.57. The Morgan fingerprint density at radius 1 is 1.11 bits per heavy atom. The lowest BCUT2D eigenvalue weighted by Crippen LogP contribution is -2.40. The molecule has 19 heavy (non-hydrogen) atoms. The van der Waals surface area contributed by atoms with Crippen LogP contribution in [0.5, 0.6) is 0 Å². The number of alkyl halides is 3. The van der Waals surface area contributed by atoms with Crippen molar-refractivity contribution in [1.29, 1.82) is 0 Å². The number of aliphatic hydroxyl groups is 2. The summed E-state index contributed by atoms with van der Waals surface area (Å²) in [5, 5.41) is 18.9. The fourth-order valence-electron chi connectivity index (χ4n) is 1.74. The number of aliphatic hydroxyl groups excluding tert-OH is 2. The molecule has 108 valence electrons. The molecule has 0 fully saturated rings. The first-order valence-corrected chi connectivity index (χ1v) is 5.76. The van der Waals surface area contributed by atoms with E-state index in [9.17, 15) is 23.4 Å². The molecule has 0 bridgehead atoms. The summed E-state index contributed by atoms with van der Waals surface area (Å²) >= 11 is 0. The van der Waals surface area contributed by atoms with E-state index in [1.165, 1.54) is 0 Å². The molecule has 2 N–H and O–H groups in total. The number of halogens is 3. The molecule has 0 saturated carbocycles. The first kappa shape index (κ1) is 15.9. The van der Waals surface area contributed by atoms with Crippen LogP contribution >= 0.6 is 0 Å². The van der Waals surface area contributed by atoms with Crippen LogP contribution in [0.4, 0.5) is 13.2 Å². The number of aryl methyl sites for hydroxylation is 1. The van der Waals surface area contributed by atoms with Gasteiger partial charge in [0, 0.05) is 0 Å². The van der Waals surface area contributed by atoms with E-state index in [2.05, 4.69) is 4.74 Å². The van der Waals surface area contributed by atoms with Gasteiger partial charge in [-0.1, -0.05) is 29.8 Å². The zero-order valence-electron chi connectivity index (χ0n) is 10.6. The Balaban J connectivity index is 2.85. The largest absolute Gasteiger partial charge is 0.411 e. The fraction of sp³-hybridized carbons (Fsp3) is 0.538. The van der Waals surface area contributed by atoms with Crippen molar-refractivity contribution < 1.29 is 28.1 Å². The van der Waals surface area contributed by atoms with E-state index >= 15 is 0 Å². The maximum absolute atomic E-state index is 12.1. The lowest BCUT2D eigenvalue weighted by Gasteiger charge is -2.30. The minimum absolute atomic E-state index is 0.400. The normalized spacial score (nSPS) is 12.7. The van der Waals surface area contributed by atoms with Crippen molar-refractivity contribution in [3.8, 4) is 0 Å². The van der Waals surface area contributed by atoms with E-state index in [0.29, 0.717) is 5.56 Å². The second kappa shape index (κ2) is 6.36. The monoisotopic (exact) mass is 278 g/mol. The zero-order valence-corrected chi connectivity index (χ0v) is 10.6. The van der Waals surface area contributed by atoms with Gasteiger partial charge in [0.1, 0.15) is 6.61 Å². The summed E-state index contributed by atoms with van der Waals surface area (Å²) in [7, 11) is 0. The van der Waals surface area contributed by atoms with Gasteiger partial charge in [0.05, 0.1) is 25.2 Å². The van der Waals surface area contributed by atoms with E-state index in [0.717, 1.165) is 5.56 Å². The third-order valence-corrected chi connectivity index (χ3v) is 2.88. The standard InChI is InChI=1S/C13H17F3O3/c1-10-3-2-4-11(5-10)12(6-17,7-18)8-19-9-13(14,15)16/h2-5,17-18H,6-9H2,1H3. The molecule has 0 aliphatic heterocycles. The van der Waals surface area contributed by atoms with E-state index in [-0.39, 0.29) is 0 Å². The van der Waals surface area contributed by atoms with E-state index in [4.69, 9.17) is 0 Å². The molecule has 1 aromatic carbocycles. The van der Waals surface area contributed by atoms with Gasteiger partial charge in [-0.2, -0.15) is 13.2 Å². The summed E-state index contributed by atoms with van der Waals surface area (Å²) in [6.45, 7) is -0.973. The molecule has 1 rings (SSSR count). The quantitative estimate of drug-likeness (QED) is 0.834. The second-order valence-corrected chi connectivity index (χ2v) is 4.57. The van der Waals surface area contributed by atoms with E-state index in [1.807, 2.05) is 13.0 Å². The van der Waals surface area contributed by atoms with Crippen LogP contribution in [0.1, 0.15) is 11.1 Å². The van der Waals surface area contributed by atoms with Gasteiger partial charge in [-0.25, -0.2) is 0 Å². The Kier molecular flexibility index (Phi) is 5.34. The van der Waals surface area contributed by atoms with Gasteiger partial charge in [-0.15, -0.1) is 0 Å². The van der Waals surface area contributed by atoms with Crippen LogP contribution in [0.15, 0.2) is 24.3 Å². The maximum atomic E-state index is 12.1. The third kappa shape index (κ3) is 4.49. The first-order chi connectivity index (χ1) is 8.83. The van der Waals surface area contributed by atoms with Crippen molar-refractivity contribution in [2.45, 2.75) is 18.5 Å². The molecule has 6 heteroatoms. The molecule has 0 radical (unpaired) electrons. The molecule has 0 atom stereocenters. The molecule has 3 nitrogen and oxygen atoms in total. The smallest absolute Gasteiger partial charge is 0.395 e. The van der Waals surface area contributed by atoms with Crippen LogP contribution in [-0.4, -0.2) is 42.8 Å². The maximum Gasteiger partial charge on any atom is 0.411 e. The summed E-state index contributed by atoms with van der Waals surface area (Å²) in [6, 6.07) is 6.90. The van der Waals surface area contributed by atoms with Crippen LogP contribution < -0.4 is 0 Å². The molecular formula is C13H17F3O3. The molecule has 0 unspecified atom stereocenters. The highest BCUT2D eigenvalue weighted by molar-refractivity contribution is 5.30. The lowest BCUT2D eigenvalue weighted by atomic mass is 9.82. The third-order valence-electron chi connectivity index (χ3n) is 2.88. The highest BCUT2D eigenvalue weighted by Crippen LogP contribution is 2.26. The van der Waals surface area contributed by atoms with Crippen LogP contribution in [0.2, 0.25) is 0 Å². The van der Waals surface area contributed by atoms with Gasteiger partial charge in [-0.3, -0.25) is 0 Å². The van der Waals surface area contributed by atoms with Crippen molar-refractivity contribution in [2.24, 2.45) is 0 Å². The number of benzene rings is 1. The minimum atomic E-state index is -4.43. The van der Waals surface area contributed by atoms with Gasteiger partial charge in [0.25, 0.3) is 0 Å². The summed E-state index contributed by atoms with van der Waals surface area (Å²) < 4.78 is 40.8. The Labute approximate surface area is 109 Å². The predicted octanol–water partition coefficient (Wildman–Crippen LogP) is 1.80. The zero-order chi connectivity index (χ0) is 14.5. The minimum Gasteiger partial charge on any atom is -0.395 e. The van der Waals surface area contributed by atoms with Crippen molar-refractivity contribution in [2.75, 3.05) is 26.4 Å². The highest BCUT2D eigenvalue weighted by atomic mass is 19.4. The summed E-state index contributed by atoms with van der Waals surface area (Å²) in [5.41, 5.74) is 0.219. The average Bonchev–Trinajstić information content (AvgIpc) is 2.34. The van der Waals surface area contributed by atoms with Crippen molar-refractivity contribution >= 4 is 0 Å². The van der Waals surface area contributed by atoms with Gasteiger partial charge in [0.2, 0.25) is 0 Å². The van der Waals surface area contributed by atoms with Crippen molar-refractivity contribution in [1.82, 2.24) is 0 Å². The van der Waals surface area contributed by atoms with Gasteiger partial charge in [0.15, 0.2) is 0 Å². The molecule has 0 aromatic heterocycles. The molecule has 0 amide bonds. The van der Waals surface area contributed by atoms with Crippen molar-refractivity contribution in [3.05, 3.63) is 35.4 Å². The summed E-state index contributed by atoms with van der Waals surface area (Å²) in [6.07, 6.45) is -4.43. The van der Waals surface area contributed by atoms with Gasteiger partial charge in [-0.05, 0) is 12.5 Å². The fourth-order valence-corrected chi connectivity index (χ4v) is 1.74. The lowest BCUT2D eigenvalue weighted by molar-refractivity contribution is -0.180. The Hall–Kier alpha value is -1.11. The number of hydrogen-bond acceptors (Lipinski definition) is 3. The molecule has 1 aromatic rings. The molecular weight excluding hydrogens is 261 g/mol. The van der Waals surface area contributed by atoms with E-state index in [1.54, 1.807) is 18.2 Å². The Morgan fingerprint density at radius 2 is 1.74 bits per heavy atom. The van der Waals surface area contributed by atoms with Gasteiger partial charge < -0.3 is 14.9 Å². The number of ether oxygens (including phenoxy) is 1. The van der Waals surface area contributed by atoms with E-state index < -0.39 is 38.0 Å². The van der Waals surface area contributed by atoms with Gasteiger partial charge >= 0.3 is 6.18 Å². The van der Waals surface area contributed by atoms with Crippen LogP contribution in [0, 0.1) is 6.92 Å². The number of hydrogen-bond donors (Lipinski definition) is 2. The van der Waals surface area contributed by atoms with Crippen LogP contribution in [0.3, 0.4) is 0 Å². The predicted molar refractivity (Wildman–Crippen MR) is 63.9 cm³/mol. The summed E-state index contributed by atoms with van der Waals surface area (Å²) in [4.78, 5) is 0. The van der Waals surface area contributed by atoms with Crippen molar-refractivity contribution in [3.63, 3.8) is 0 Å². The SMILES string of the molecule is Cc1cccc(C(CO)(CO)COCC(F)(F)F)c1. The Bertz CT molecular complexity index is 400. The molecule has 0 aliphatic rings. The first-order valence-electron chi connectivity index (χ1n) is 5.76.